The number of nitrogens with zero attached hydrogens (tertiary/aromatic N) is 3. The van der Waals surface area contributed by atoms with Crippen molar-refractivity contribution in [1.29, 1.82) is 0 Å². The summed E-state index contributed by atoms with van der Waals surface area (Å²) in [6.07, 6.45) is 0. The first-order chi connectivity index (χ1) is 10.3. The predicted molar refractivity (Wildman–Crippen MR) is 89.3 cm³/mol. The minimum absolute atomic E-state index is 0.100. The number of nitrogens with one attached hydrogen (secondary N) is 1. The number of carbonyl (C=O) groups is 1. The molecule has 0 aliphatic rings. The Bertz CT molecular complexity index is 648. The highest BCUT2D eigenvalue weighted by Crippen LogP contribution is 2.26. The monoisotopic (exact) mass is 319 g/mol. The molecule has 1 aromatic heterocycles. The predicted octanol–water partition coefficient (Wildman–Crippen LogP) is 2.41. The standard InChI is InChI=1S/C15H21N5OS/c1-10(12(21)17-11-8-6-5-7-9-11)22-14-19-18-13(20(14)16)15(2,3)4/h5-10H,16H2,1-4H3,(H,17,21)/t10-/m0/s1. The number of aromatic nitrogens is 3. The van der Waals surface area contributed by atoms with Crippen molar-refractivity contribution < 1.29 is 4.79 Å². The van der Waals surface area contributed by atoms with E-state index in [1.807, 2.05) is 58.0 Å². The molecule has 1 atom stereocenters. The second-order valence-electron chi connectivity index (χ2n) is 6.04. The van der Waals surface area contributed by atoms with Crippen molar-refractivity contribution in [2.45, 2.75) is 43.5 Å². The first kappa shape index (κ1) is 16.4. The molecule has 0 aliphatic carbocycles. The first-order valence-electron chi connectivity index (χ1n) is 7.02. The molecule has 7 heteroatoms. The number of nitrogens with two attached hydrogens (primary N) is 1. The van der Waals surface area contributed by atoms with E-state index in [0.717, 1.165) is 5.69 Å². The highest BCUT2D eigenvalue weighted by molar-refractivity contribution is 8.00. The molecule has 0 saturated carbocycles. The Hall–Kier alpha value is -2.02. The summed E-state index contributed by atoms with van der Waals surface area (Å²) in [5, 5.41) is 11.3. The number of nitrogen functional groups attached to an aromatic ring is 1. The fourth-order valence-electron chi connectivity index (χ4n) is 1.85. The summed E-state index contributed by atoms with van der Waals surface area (Å²) in [5.74, 6) is 6.61. The van der Waals surface area contributed by atoms with Gasteiger partial charge in [-0.25, -0.2) is 4.68 Å². The fourth-order valence-corrected chi connectivity index (χ4v) is 2.62. The lowest BCUT2D eigenvalue weighted by molar-refractivity contribution is -0.115. The van der Waals surface area contributed by atoms with Gasteiger partial charge in [-0.3, -0.25) is 4.79 Å². The Kier molecular flexibility index (Phi) is 4.75. The number of amides is 1. The van der Waals surface area contributed by atoms with E-state index >= 15 is 0 Å². The number of anilines is 1. The van der Waals surface area contributed by atoms with Crippen LogP contribution in [0.5, 0.6) is 0 Å². The van der Waals surface area contributed by atoms with Crippen molar-refractivity contribution in [3.05, 3.63) is 36.2 Å². The molecule has 118 valence electrons. The summed E-state index contributed by atoms with van der Waals surface area (Å²) >= 11 is 1.29. The summed E-state index contributed by atoms with van der Waals surface area (Å²) in [4.78, 5) is 12.2. The van der Waals surface area contributed by atoms with Gasteiger partial charge in [0.05, 0.1) is 5.25 Å². The van der Waals surface area contributed by atoms with E-state index in [-0.39, 0.29) is 16.6 Å². The number of para-hydroxylation sites is 1. The zero-order valence-corrected chi connectivity index (χ0v) is 14.0. The van der Waals surface area contributed by atoms with Crippen molar-refractivity contribution in [3.8, 4) is 0 Å². The molecule has 0 radical (unpaired) electrons. The van der Waals surface area contributed by atoms with E-state index in [4.69, 9.17) is 5.84 Å². The maximum absolute atomic E-state index is 12.2. The Morgan fingerprint density at radius 2 is 1.91 bits per heavy atom. The van der Waals surface area contributed by atoms with E-state index < -0.39 is 0 Å². The van der Waals surface area contributed by atoms with Crippen LogP contribution in [0.25, 0.3) is 0 Å². The summed E-state index contributed by atoms with van der Waals surface area (Å²) in [7, 11) is 0. The quantitative estimate of drug-likeness (QED) is 0.667. The van der Waals surface area contributed by atoms with Crippen LogP contribution in [-0.4, -0.2) is 26.0 Å². The van der Waals surface area contributed by atoms with Crippen LogP contribution >= 0.6 is 11.8 Å². The van der Waals surface area contributed by atoms with Gasteiger partial charge in [0, 0.05) is 11.1 Å². The third kappa shape index (κ3) is 3.79. The molecular formula is C15H21N5OS. The second-order valence-corrected chi connectivity index (χ2v) is 7.35. The van der Waals surface area contributed by atoms with E-state index in [9.17, 15) is 4.79 Å². The van der Waals surface area contributed by atoms with Gasteiger partial charge in [0.15, 0.2) is 5.82 Å². The van der Waals surface area contributed by atoms with Gasteiger partial charge in [-0.15, -0.1) is 10.2 Å². The molecule has 0 unspecified atom stereocenters. The molecule has 1 aromatic carbocycles. The van der Waals surface area contributed by atoms with Gasteiger partial charge >= 0.3 is 0 Å². The van der Waals surface area contributed by atoms with Crippen molar-refractivity contribution in [1.82, 2.24) is 14.9 Å². The van der Waals surface area contributed by atoms with Gasteiger partial charge in [-0.05, 0) is 19.1 Å². The summed E-state index contributed by atoms with van der Waals surface area (Å²) in [5.41, 5.74) is 0.570. The second kappa shape index (κ2) is 6.39. The topological polar surface area (TPSA) is 85.8 Å². The Balaban J connectivity index is 2.04. The van der Waals surface area contributed by atoms with Crippen molar-refractivity contribution in [2.75, 3.05) is 11.2 Å². The molecule has 0 saturated heterocycles. The van der Waals surface area contributed by atoms with Gasteiger partial charge in [-0.2, -0.15) is 0 Å². The van der Waals surface area contributed by atoms with E-state index in [1.165, 1.54) is 16.4 Å². The summed E-state index contributed by atoms with van der Waals surface area (Å²) in [6, 6.07) is 9.34. The van der Waals surface area contributed by atoms with Gasteiger partial charge in [-0.1, -0.05) is 50.7 Å². The van der Waals surface area contributed by atoms with Crippen molar-refractivity contribution in [3.63, 3.8) is 0 Å². The number of hydrogen-bond acceptors (Lipinski definition) is 5. The van der Waals surface area contributed by atoms with Gasteiger partial charge < -0.3 is 11.2 Å². The smallest absolute Gasteiger partial charge is 0.237 e. The largest absolute Gasteiger partial charge is 0.336 e. The van der Waals surface area contributed by atoms with Gasteiger partial charge in [0.2, 0.25) is 11.1 Å². The van der Waals surface area contributed by atoms with Crippen LogP contribution < -0.4 is 11.2 Å². The Labute approximate surface area is 134 Å². The first-order valence-corrected chi connectivity index (χ1v) is 7.90. The van der Waals surface area contributed by atoms with Crippen LogP contribution in [0.1, 0.15) is 33.5 Å². The number of rotatable bonds is 4. The van der Waals surface area contributed by atoms with Crippen LogP contribution in [0.15, 0.2) is 35.5 Å². The molecule has 0 bridgehead atoms. The molecule has 0 aliphatic heterocycles. The zero-order valence-electron chi connectivity index (χ0n) is 13.2. The normalized spacial score (nSPS) is 12.9. The summed E-state index contributed by atoms with van der Waals surface area (Å²) < 4.78 is 1.46. The molecule has 1 amide bonds. The van der Waals surface area contributed by atoms with Crippen LogP contribution in [-0.2, 0) is 10.2 Å². The molecular weight excluding hydrogens is 298 g/mol. The van der Waals surface area contributed by atoms with Crippen LogP contribution in [0.3, 0.4) is 0 Å². The molecule has 22 heavy (non-hydrogen) atoms. The Morgan fingerprint density at radius 3 is 2.45 bits per heavy atom. The Morgan fingerprint density at radius 1 is 1.27 bits per heavy atom. The molecule has 6 nitrogen and oxygen atoms in total. The lowest BCUT2D eigenvalue weighted by atomic mass is 9.96. The summed E-state index contributed by atoms with van der Waals surface area (Å²) in [6.45, 7) is 7.86. The highest BCUT2D eigenvalue weighted by Gasteiger charge is 2.25. The van der Waals surface area contributed by atoms with E-state index in [1.54, 1.807) is 0 Å². The molecule has 0 fully saturated rings. The van der Waals surface area contributed by atoms with Gasteiger partial charge in [0.1, 0.15) is 0 Å². The maximum atomic E-state index is 12.2. The highest BCUT2D eigenvalue weighted by atomic mass is 32.2. The van der Waals surface area contributed by atoms with Crippen LogP contribution in [0, 0.1) is 0 Å². The zero-order chi connectivity index (χ0) is 16.3. The molecule has 3 N–H and O–H groups in total. The van der Waals surface area contributed by atoms with E-state index in [2.05, 4.69) is 15.5 Å². The molecule has 2 rings (SSSR count). The molecule has 1 heterocycles. The average Bonchev–Trinajstić information content (AvgIpc) is 2.81. The number of hydrogen-bond donors (Lipinski definition) is 2. The SMILES string of the molecule is C[C@H](Sc1nnc(C(C)(C)C)n1N)C(=O)Nc1ccccc1. The third-order valence-corrected chi connectivity index (χ3v) is 4.08. The average molecular weight is 319 g/mol. The molecule has 2 aromatic rings. The minimum atomic E-state index is -0.334. The van der Waals surface area contributed by atoms with E-state index in [0.29, 0.717) is 11.0 Å². The van der Waals surface area contributed by atoms with Crippen molar-refractivity contribution >= 4 is 23.4 Å². The molecule has 0 spiro atoms. The number of thioether (sulfide) groups is 1. The number of benzene rings is 1. The minimum Gasteiger partial charge on any atom is -0.336 e. The number of carbonyl (C=O) groups excluding carboxylic acids is 1. The third-order valence-electron chi connectivity index (χ3n) is 3.03. The lowest BCUT2D eigenvalue weighted by Gasteiger charge is -2.17. The van der Waals surface area contributed by atoms with Crippen LogP contribution in [0.4, 0.5) is 5.69 Å². The van der Waals surface area contributed by atoms with Crippen LogP contribution in [0.2, 0.25) is 0 Å². The maximum Gasteiger partial charge on any atom is 0.237 e. The lowest BCUT2D eigenvalue weighted by Crippen LogP contribution is -2.26. The fraction of sp³-hybridized carbons (Fsp3) is 0.400. The van der Waals surface area contributed by atoms with Gasteiger partial charge in [0.25, 0.3) is 0 Å². The van der Waals surface area contributed by atoms with Crippen molar-refractivity contribution in [2.24, 2.45) is 0 Å².